The number of nitriles is 2. The Balaban J connectivity index is 3.35. The lowest BCUT2D eigenvalue weighted by Gasteiger charge is -2.06. The molecule has 0 saturated heterocycles. The molecule has 0 amide bonds. The van der Waals surface area contributed by atoms with E-state index in [1.807, 2.05) is 0 Å². The van der Waals surface area contributed by atoms with Crippen molar-refractivity contribution in [2.45, 2.75) is 12.8 Å². The van der Waals surface area contributed by atoms with Crippen LogP contribution in [0.25, 0.3) is 0 Å². The molecule has 3 nitrogen and oxygen atoms in total. The Morgan fingerprint density at radius 3 is 2.60 bits per heavy atom. The van der Waals surface area contributed by atoms with Crippen LogP contribution in [-0.2, 0) is 6.42 Å². The lowest BCUT2D eigenvalue weighted by Crippen LogP contribution is -2.00. The number of alkyl halides is 2. The minimum atomic E-state index is -2.76. The molecule has 0 aliphatic carbocycles. The number of nitrogens with zero attached hydrogens (tertiary/aromatic N) is 3. The summed E-state index contributed by atoms with van der Waals surface area (Å²) in [5, 5.41) is 16.9. The van der Waals surface area contributed by atoms with Crippen molar-refractivity contribution in [3.8, 4) is 12.1 Å². The summed E-state index contributed by atoms with van der Waals surface area (Å²) in [5.74, 6) is 0. The Morgan fingerprint density at radius 2 is 2.13 bits per heavy atom. The van der Waals surface area contributed by atoms with E-state index >= 15 is 0 Å². The highest BCUT2D eigenvalue weighted by atomic mass is 35.5. The van der Waals surface area contributed by atoms with Crippen molar-refractivity contribution in [3.05, 3.63) is 28.0 Å². The van der Waals surface area contributed by atoms with Gasteiger partial charge < -0.3 is 0 Å². The van der Waals surface area contributed by atoms with Gasteiger partial charge in [0.15, 0.2) is 5.69 Å². The summed E-state index contributed by atoms with van der Waals surface area (Å²) < 4.78 is 25.0. The molecule has 0 radical (unpaired) electrons. The minimum Gasteiger partial charge on any atom is -0.239 e. The SMILES string of the molecule is N#CCc1nc(C#N)c(Cl)cc1C(F)F. The van der Waals surface area contributed by atoms with Gasteiger partial charge in [0.1, 0.15) is 6.07 Å². The average Bonchev–Trinajstić information content (AvgIpc) is 2.20. The molecule has 1 rings (SSSR count). The molecule has 1 aromatic rings. The van der Waals surface area contributed by atoms with E-state index in [9.17, 15) is 8.78 Å². The first-order chi connectivity index (χ1) is 7.10. The number of hydrogen-bond acceptors (Lipinski definition) is 3. The Hall–Kier alpha value is -1.72. The maximum absolute atomic E-state index is 12.5. The first-order valence-corrected chi connectivity index (χ1v) is 4.22. The van der Waals surface area contributed by atoms with Crippen LogP contribution in [0.4, 0.5) is 8.78 Å². The number of hydrogen-bond donors (Lipinski definition) is 0. The van der Waals surface area contributed by atoms with Crippen LogP contribution in [0.2, 0.25) is 5.02 Å². The van der Waals surface area contributed by atoms with Crippen LogP contribution in [0.15, 0.2) is 6.07 Å². The Bertz CT molecular complexity index is 460. The van der Waals surface area contributed by atoms with Crippen molar-refractivity contribution in [1.82, 2.24) is 4.98 Å². The lowest BCUT2D eigenvalue weighted by molar-refractivity contribution is 0.150. The summed E-state index contributed by atoms with van der Waals surface area (Å²) in [6, 6.07) is 4.34. The molecule has 0 N–H and O–H groups in total. The summed E-state index contributed by atoms with van der Waals surface area (Å²) in [4.78, 5) is 3.61. The van der Waals surface area contributed by atoms with Crippen molar-refractivity contribution in [2.75, 3.05) is 0 Å². The largest absolute Gasteiger partial charge is 0.265 e. The highest BCUT2D eigenvalue weighted by Crippen LogP contribution is 2.26. The Kier molecular flexibility index (Phi) is 3.54. The van der Waals surface area contributed by atoms with Crippen LogP contribution < -0.4 is 0 Å². The van der Waals surface area contributed by atoms with Crippen LogP contribution in [-0.4, -0.2) is 4.98 Å². The summed E-state index contributed by atoms with van der Waals surface area (Å²) in [6.45, 7) is 0. The van der Waals surface area contributed by atoms with Crippen molar-refractivity contribution in [3.63, 3.8) is 0 Å². The molecule has 0 aromatic carbocycles. The molecule has 76 valence electrons. The van der Waals surface area contributed by atoms with Crippen LogP contribution in [0.3, 0.4) is 0 Å². The zero-order chi connectivity index (χ0) is 11.4. The molecule has 6 heteroatoms. The third-order valence-electron chi connectivity index (χ3n) is 1.68. The number of aromatic nitrogens is 1. The van der Waals surface area contributed by atoms with Crippen LogP contribution in [0.1, 0.15) is 23.4 Å². The molecule has 0 aliphatic rings. The molecule has 0 aliphatic heterocycles. The maximum atomic E-state index is 12.5. The highest BCUT2D eigenvalue weighted by molar-refractivity contribution is 6.31. The Labute approximate surface area is 89.5 Å². The standard InChI is InChI=1S/C9H4ClF2N3/c10-6-3-5(9(11)12)7(1-2-13)15-8(6)4-14/h3,9H,1H2. The fourth-order valence-electron chi connectivity index (χ4n) is 1.02. The fourth-order valence-corrected chi connectivity index (χ4v) is 1.23. The second-order valence-electron chi connectivity index (χ2n) is 2.60. The van der Waals surface area contributed by atoms with E-state index in [-0.39, 0.29) is 22.8 Å². The van der Waals surface area contributed by atoms with Gasteiger partial charge in [-0.25, -0.2) is 13.8 Å². The number of halogens is 3. The number of pyridine rings is 1. The van der Waals surface area contributed by atoms with Gasteiger partial charge in [0.25, 0.3) is 6.43 Å². The van der Waals surface area contributed by atoms with Crippen molar-refractivity contribution >= 4 is 11.6 Å². The lowest BCUT2D eigenvalue weighted by atomic mass is 10.1. The van der Waals surface area contributed by atoms with Gasteiger partial charge in [-0.2, -0.15) is 10.5 Å². The molecule has 0 bridgehead atoms. The van der Waals surface area contributed by atoms with Gasteiger partial charge in [-0.05, 0) is 6.07 Å². The van der Waals surface area contributed by atoms with Gasteiger partial charge in [-0.1, -0.05) is 11.6 Å². The Morgan fingerprint density at radius 1 is 1.47 bits per heavy atom. The van der Waals surface area contributed by atoms with Gasteiger partial charge in [0.2, 0.25) is 0 Å². The molecule has 1 heterocycles. The third kappa shape index (κ3) is 2.39. The second kappa shape index (κ2) is 4.68. The van der Waals surface area contributed by atoms with Crippen molar-refractivity contribution < 1.29 is 8.78 Å². The van der Waals surface area contributed by atoms with Gasteiger partial charge in [0, 0.05) is 5.56 Å². The second-order valence-corrected chi connectivity index (χ2v) is 3.01. The molecular weight excluding hydrogens is 224 g/mol. The van der Waals surface area contributed by atoms with E-state index in [1.54, 1.807) is 12.1 Å². The molecule has 0 saturated carbocycles. The molecule has 0 fully saturated rings. The quantitative estimate of drug-likeness (QED) is 0.780. The van der Waals surface area contributed by atoms with E-state index in [1.165, 1.54) is 0 Å². The summed E-state index contributed by atoms with van der Waals surface area (Å²) >= 11 is 5.54. The van der Waals surface area contributed by atoms with E-state index in [4.69, 9.17) is 22.1 Å². The summed E-state index contributed by atoms with van der Waals surface area (Å²) in [5.41, 5.74) is -0.652. The van der Waals surface area contributed by atoms with Crippen molar-refractivity contribution in [2.24, 2.45) is 0 Å². The minimum absolute atomic E-state index is 0.103. The topological polar surface area (TPSA) is 60.5 Å². The maximum Gasteiger partial charge on any atom is 0.265 e. The number of rotatable bonds is 2. The third-order valence-corrected chi connectivity index (χ3v) is 1.96. The first kappa shape index (κ1) is 11.4. The van der Waals surface area contributed by atoms with Gasteiger partial charge in [-0.15, -0.1) is 0 Å². The first-order valence-electron chi connectivity index (χ1n) is 3.84. The van der Waals surface area contributed by atoms with Gasteiger partial charge in [-0.3, -0.25) is 0 Å². The van der Waals surface area contributed by atoms with Crippen LogP contribution in [0, 0.1) is 22.7 Å². The van der Waals surface area contributed by atoms with Crippen LogP contribution >= 0.6 is 11.6 Å². The average molecular weight is 228 g/mol. The molecular formula is C9H4ClF2N3. The van der Waals surface area contributed by atoms with Gasteiger partial charge >= 0.3 is 0 Å². The van der Waals surface area contributed by atoms with E-state index in [0.717, 1.165) is 6.07 Å². The molecule has 15 heavy (non-hydrogen) atoms. The molecule has 0 atom stereocenters. The van der Waals surface area contributed by atoms with Crippen molar-refractivity contribution in [1.29, 1.82) is 10.5 Å². The summed E-state index contributed by atoms with van der Waals surface area (Å²) in [7, 11) is 0. The van der Waals surface area contributed by atoms with E-state index in [2.05, 4.69) is 4.98 Å². The van der Waals surface area contributed by atoms with E-state index in [0.29, 0.717) is 0 Å². The normalized spacial score (nSPS) is 9.73. The van der Waals surface area contributed by atoms with Gasteiger partial charge in [0.05, 0.1) is 23.2 Å². The smallest absolute Gasteiger partial charge is 0.239 e. The zero-order valence-corrected chi connectivity index (χ0v) is 8.09. The monoisotopic (exact) mass is 227 g/mol. The summed E-state index contributed by atoms with van der Waals surface area (Å²) in [6.07, 6.45) is -3.03. The molecule has 0 unspecified atom stereocenters. The molecule has 1 aromatic heterocycles. The predicted octanol–water partition coefficient (Wildman–Crippen LogP) is 2.61. The van der Waals surface area contributed by atoms with Crippen LogP contribution in [0.5, 0.6) is 0 Å². The van der Waals surface area contributed by atoms with E-state index < -0.39 is 12.0 Å². The zero-order valence-electron chi connectivity index (χ0n) is 7.34. The predicted molar refractivity (Wildman–Crippen MR) is 48.2 cm³/mol. The molecule has 0 spiro atoms. The fraction of sp³-hybridized carbons (Fsp3) is 0.222. The highest BCUT2D eigenvalue weighted by Gasteiger charge is 2.17.